The number of rotatable bonds is 2. The zero-order valence-electron chi connectivity index (χ0n) is 6.76. The van der Waals surface area contributed by atoms with Crippen molar-refractivity contribution in [2.24, 2.45) is 5.92 Å². The molecule has 12 heavy (non-hydrogen) atoms. The van der Waals surface area contributed by atoms with Crippen molar-refractivity contribution >= 4 is 0 Å². The molecule has 1 N–H and O–H groups in total. The smallest absolute Gasteiger partial charge is 0.123 e. The van der Waals surface area contributed by atoms with Gasteiger partial charge in [0, 0.05) is 0 Å². The lowest BCUT2D eigenvalue weighted by molar-refractivity contribution is 0.463. The van der Waals surface area contributed by atoms with Crippen LogP contribution in [0.5, 0.6) is 5.75 Å². The van der Waals surface area contributed by atoms with Gasteiger partial charge in [0.25, 0.3) is 0 Å². The number of phenolic OH excluding ortho intramolecular Hbond substituents is 1. The Balaban J connectivity index is 2.21. The Bertz CT molecular complexity index is 292. The fraction of sp³-hybridized carbons (Fsp3) is 0.400. The third-order valence-electron chi connectivity index (χ3n) is 2.25. The van der Waals surface area contributed by atoms with Gasteiger partial charge in [0.1, 0.15) is 11.6 Å². The average Bonchev–Trinajstić information content (AvgIpc) is 2.81. The van der Waals surface area contributed by atoms with E-state index in [1.807, 2.05) is 0 Å². The van der Waals surface area contributed by atoms with Crippen molar-refractivity contribution in [3.63, 3.8) is 0 Å². The fourth-order valence-electron chi connectivity index (χ4n) is 1.35. The highest BCUT2D eigenvalue weighted by Crippen LogP contribution is 2.34. The van der Waals surface area contributed by atoms with E-state index in [1.54, 1.807) is 0 Å². The Labute approximate surface area is 70.8 Å². The summed E-state index contributed by atoms with van der Waals surface area (Å²) in [5.41, 5.74) is 0.748. The van der Waals surface area contributed by atoms with Crippen LogP contribution in [0.25, 0.3) is 0 Å². The lowest BCUT2D eigenvalue weighted by Crippen LogP contribution is -1.88. The van der Waals surface area contributed by atoms with Gasteiger partial charge in [-0.15, -0.1) is 0 Å². The minimum Gasteiger partial charge on any atom is -0.508 e. The van der Waals surface area contributed by atoms with E-state index in [1.165, 1.54) is 31.0 Å². The normalized spacial score (nSPS) is 16.4. The van der Waals surface area contributed by atoms with E-state index in [4.69, 9.17) is 0 Å². The van der Waals surface area contributed by atoms with E-state index in [0.717, 1.165) is 12.0 Å². The molecule has 1 aromatic carbocycles. The largest absolute Gasteiger partial charge is 0.508 e. The molecule has 0 bridgehead atoms. The summed E-state index contributed by atoms with van der Waals surface area (Å²) < 4.78 is 12.7. The Morgan fingerprint density at radius 1 is 1.42 bits per heavy atom. The number of hydrogen-bond acceptors (Lipinski definition) is 1. The monoisotopic (exact) mass is 166 g/mol. The molecular formula is C10H11FO. The van der Waals surface area contributed by atoms with E-state index >= 15 is 0 Å². The van der Waals surface area contributed by atoms with Gasteiger partial charge in [0.05, 0.1) is 0 Å². The summed E-state index contributed by atoms with van der Waals surface area (Å²) in [5, 5.41) is 9.34. The molecule has 0 aliphatic heterocycles. The van der Waals surface area contributed by atoms with E-state index in [-0.39, 0.29) is 11.6 Å². The van der Waals surface area contributed by atoms with E-state index in [0.29, 0.717) is 5.92 Å². The molecule has 0 radical (unpaired) electrons. The van der Waals surface area contributed by atoms with Gasteiger partial charge in [0.15, 0.2) is 0 Å². The highest BCUT2D eigenvalue weighted by molar-refractivity contribution is 5.33. The first-order valence-corrected chi connectivity index (χ1v) is 4.23. The Morgan fingerprint density at radius 3 is 2.83 bits per heavy atom. The minimum atomic E-state index is -0.261. The van der Waals surface area contributed by atoms with Gasteiger partial charge < -0.3 is 5.11 Å². The van der Waals surface area contributed by atoms with Crippen LogP contribution in [0.15, 0.2) is 18.2 Å². The number of hydrogen-bond donors (Lipinski definition) is 1. The van der Waals surface area contributed by atoms with Crippen LogP contribution in [0.2, 0.25) is 0 Å². The topological polar surface area (TPSA) is 20.2 Å². The SMILES string of the molecule is Oc1ccc(F)cc1CC1CC1. The predicted molar refractivity (Wildman–Crippen MR) is 44.5 cm³/mol. The van der Waals surface area contributed by atoms with Crippen molar-refractivity contribution in [3.8, 4) is 5.75 Å². The van der Waals surface area contributed by atoms with Gasteiger partial charge >= 0.3 is 0 Å². The molecule has 1 nitrogen and oxygen atoms in total. The van der Waals surface area contributed by atoms with Crippen molar-refractivity contribution in [3.05, 3.63) is 29.6 Å². The Kier molecular flexibility index (Phi) is 1.75. The number of benzene rings is 1. The first-order valence-electron chi connectivity index (χ1n) is 4.23. The summed E-state index contributed by atoms with van der Waals surface area (Å²) in [6, 6.07) is 4.13. The van der Waals surface area contributed by atoms with Crippen LogP contribution in [0.1, 0.15) is 18.4 Å². The van der Waals surface area contributed by atoms with Gasteiger partial charge in [-0.05, 0) is 48.9 Å². The standard InChI is InChI=1S/C10H11FO/c11-9-3-4-10(12)8(6-9)5-7-1-2-7/h3-4,6-7,12H,1-2,5H2. The maximum atomic E-state index is 12.7. The van der Waals surface area contributed by atoms with Crippen molar-refractivity contribution in [2.45, 2.75) is 19.3 Å². The molecule has 0 heterocycles. The van der Waals surface area contributed by atoms with Gasteiger partial charge in [0.2, 0.25) is 0 Å². The third-order valence-corrected chi connectivity index (χ3v) is 2.25. The molecule has 0 aromatic heterocycles. The van der Waals surface area contributed by atoms with Gasteiger partial charge in [-0.25, -0.2) is 4.39 Å². The summed E-state index contributed by atoms with van der Waals surface area (Å²) in [7, 11) is 0. The summed E-state index contributed by atoms with van der Waals surface area (Å²) in [4.78, 5) is 0. The molecule has 0 amide bonds. The van der Waals surface area contributed by atoms with Crippen molar-refractivity contribution in [1.29, 1.82) is 0 Å². The summed E-state index contributed by atoms with van der Waals surface area (Å²) in [6.45, 7) is 0. The van der Waals surface area contributed by atoms with Crippen LogP contribution in [-0.2, 0) is 6.42 Å². The lowest BCUT2D eigenvalue weighted by Gasteiger charge is -2.02. The molecule has 1 fully saturated rings. The summed E-state index contributed by atoms with van der Waals surface area (Å²) in [5.74, 6) is 0.643. The second-order valence-electron chi connectivity index (χ2n) is 3.42. The predicted octanol–water partition coefficient (Wildman–Crippen LogP) is 2.48. The van der Waals surface area contributed by atoms with Crippen LogP contribution >= 0.6 is 0 Å². The molecule has 2 rings (SSSR count). The first-order chi connectivity index (χ1) is 5.75. The number of aromatic hydroxyl groups is 1. The zero-order chi connectivity index (χ0) is 8.55. The molecule has 0 spiro atoms. The third kappa shape index (κ3) is 1.58. The molecule has 1 aromatic rings. The van der Waals surface area contributed by atoms with E-state index in [9.17, 15) is 9.50 Å². The fourth-order valence-corrected chi connectivity index (χ4v) is 1.35. The summed E-state index contributed by atoms with van der Waals surface area (Å²) >= 11 is 0. The van der Waals surface area contributed by atoms with Crippen molar-refractivity contribution in [2.75, 3.05) is 0 Å². The van der Waals surface area contributed by atoms with Crippen LogP contribution in [-0.4, -0.2) is 5.11 Å². The molecule has 1 aliphatic rings. The highest BCUT2D eigenvalue weighted by Gasteiger charge is 2.22. The van der Waals surface area contributed by atoms with Gasteiger partial charge in [-0.3, -0.25) is 0 Å². The molecular weight excluding hydrogens is 155 g/mol. The second-order valence-corrected chi connectivity index (χ2v) is 3.42. The number of phenols is 1. The molecule has 1 saturated carbocycles. The lowest BCUT2D eigenvalue weighted by atomic mass is 10.1. The van der Waals surface area contributed by atoms with Crippen LogP contribution in [0.4, 0.5) is 4.39 Å². The van der Waals surface area contributed by atoms with Gasteiger partial charge in [-0.1, -0.05) is 0 Å². The second kappa shape index (κ2) is 2.77. The molecule has 0 unspecified atom stereocenters. The molecule has 0 saturated heterocycles. The molecule has 1 aliphatic carbocycles. The maximum Gasteiger partial charge on any atom is 0.123 e. The quantitative estimate of drug-likeness (QED) is 0.715. The van der Waals surface area contributed by atoms with Crippen molar-refractivity contribution < 1.29 is 9.50 Å². The van der Waals surface area contributed by atoms with Gasteiger partial charge in [-0.2, -0.15) is 0 Å². The maximum absolute atomic E-state index is 12.7. The van der Waals surface area contributed by atoms with Crippen LogP contribution < -0.4 is 0 Å². The molecule has 2 heteroatoms. The van der Waals surface area contributed by atoms with E-state index < -0.39 is 0 Å². The highest BCUT2D eigenvalue weighted by atomic mass is 19.1. The summed E-state index contributed by atoms with van der Waals surface area (Å²) in [6.07, 6.45) is 3.26. The Morgan fingerprint density at radius 2 is 2.17 bits per heavy atom. The minimum absolute atomic E-state index is 0.225. The van der Waals surface area contributed by atoms with Crippen molar-refractivity contribution in [1.82, 2.24) is 0 Å². The van der Waals surface area contributed by atoms with E-state index in [2.05, 4.69) is 0 Å². The van der Waals surface area contributed by atoms with Crippen LogP contribution in [0, 0.1) is 11.7 Å². The number of halogens is 1. The molecule has 64 valence electrons. The van der Waals surface area contributed by atoms with Crippen LogP contribution in [0.3, 0.4) is 0 Å². The average molecular weight is 166 g/mol. The molecule has 0 atom stereocenters. The Hall–Kier alpha value is -1.05. The zero-order valence-corrected chi connectivity index (χ0v) is 6.76. The first kappa shape index (κ1) is 7.59.